The number of nitrogens with two attached hydrogens (primary N) is 1. The summed E-state index contributed by atoms with van der Waals surface area (Å²) >= 11 is 11.0. The second-order valence-corrected chi connectivity index (χ2v) is 9.20. The van der Waals surface area contributed by atoms with Gasteiger partial charge in [0.2, 0.25) is 0 Å². The Morgan fingerprint density at radius 2 is 2.03 bits per heavy atom. The molecule has 5 nitrogen and oxygen atoms in total. The van der Waals surface area contributed by atoms with Gasteiger partial charge in [-0.3, -0.25) is 10.3 Å². The smallest absolute Gasteiger partial charge is 0.184 e. The van der Waals surface area contributed by atoms with Crippen LogP contribution in [0, 0.1) is 17.6 Å². The van der Waals surface area contributed by atoms with E-state index in [1.165, 1.54) is 6.07 Å². The molecule has 1 aliphatic heterocycles. The average Bonchev–Trinajstić information content (AvgIpc) is 2.72. The van der Waals surface area contributed by atoms with Crippen LogP contribution in [0.25, 0.3) is 0 Å². The Morgan fingerprint density at radius 3 is 2.72 bits per heavy atom. The number of anilines is 1. The highest BCUT2D eigenvalue weighted by Gasteiger charge is 2.29. The molecule has 0 bridgehead atoms. The summed E-state index contributed by atoms with van der Waals surface area (Å²) in [5, 5.41) is 4.40. The van der Waals surface area contributed by atoms with Gasteiger partial charge >= 0.3 is 0 Å². The Morgan fingerprint density at radius 1 is 1.28 bits per heavy atom. The van der Waals surface area contributed by atoms with Gasteiger partial charge < -0.3 is 10.6 Å². The molecule has 3 N–H and O–H groups in total. The highest BCUT2D eigenvalue weighted by atomic mass is 35.5. The standard InChI is InChI=1S/C23H28ClF2N5S/c1-15(2)9-18-14-31(8-7-30(18)13-16-5-3-4-6-19(16)24)22-11-20(25)17(10-21(22)26)12-28-29-23(27)32/h3-6,10-12,15,18H,7-9,13-14H2,1-2H3,(H3,27,29,32)/b28-12+/t18-/m0/s1. The van der Waals surface area contributed by atoms with Gasteiger partial charge in [0.05, 0.1) is 11.9 Å². The first-order valence-electron chi connectivity index (χ1n) is 10.5. The van der Waals surface area contributed by atoms with E-state index in [-0.39, 0.29) is 22.4 Å². The summed E-state index contributed by atoms with van der Waals surface area (Å²) in [4.78, 5) is 4.30. The van der Waals surface area contributed by atoms with Crippen LogP contribution >= 0.6 is 23.8 Å². The van der Waals surface area contributed by atoms with Gasteiger partial charge in [0.15, 0.2) is 5.11 Å². The lowest BCUT2D eigenvalue weighted by atomic mass is 9.98. The maximum atomic E-state index is 14.9. The Bertz CT molecular complexity index is 985. The number of hydrogen-bond donors (Lipinski definition) is 2. The summed E-state index contributed by atoms with van der Waals surface area (Å²) in [5.74, 6) is -0.588. The molecule has 0 aliphatic carbocycles. The monoisotopic (exact) mass is 479 g/mol. The summed E-state index contributed by atoms with van der Waals surface area (Å²) in [6, 6.07) is 10.4. The summed E-state index contributed by atoms with van der Waals surface area (Å²) in [5.41, 5.74) is 8.97. The SMILES string of the molecule is CC(C)C[C@H]1CN(c2cc(F)c(/C=N/NC(N)=S)cc2F)CCN1Cc1ccccc1Cl. The molecule has 1 saturated heterocycles. The van der Waals surface area contributed by atoms with E-state index in [0.29, 0.717) is 19.0 Å². The second kappa shape index (κ2) is 11.0. The lowest BCUT2D eigenvalue weighted by Gasteiger charge is -2.43. The largest absolute Gasteiger partial charge is 0.375 e. The van der Waals surface area contributed by atoms with Gasteiger partial charge in [-0.15, -0.1) is 0 Å². The predicted octanol–water partition coefficient (Wildman–Crippen LogP) is 4.52. The molecule has 0 radical (unpaired) electrons. The van der Waals surface area contributed by atoms with Crippen LogP contribution < -0.4 is 16.1 Å². The number of halogens is 3. The zero-order chi connectivity index (χ0) is 23.3. The summed E-state index contributed by atoms with van der Waals surface area (Å²) in [7, 11) is 0. The van der Waals surface area contributed by atoms with E-state index in [0.717, 1.165) is 42.4 Å². The van der Waals surface area contributed by atoms with E-state index in [4.69, 9.17) is 17.3 Å². The number of thiocarbonyl (C=S) groups is 1. The molecule has 1 atom stereocenters. The Kier molecular flexibility index (Phi) is 8.39. The van der Waals surface area contributed by atoms with Gasteiger partial charge in [0, 0.05) is 48.9 Å². The van der Waals surface area contributed by atoms with Crippen molar-refractivity contribution in [3.8, 4) is 0 Å². The molecule has 0 amide bonds. The second-order valence-electron chi connectivity index (χ2n) is 8.35. The van der Waals surface area contributed by atoms with Crippen molar-refractivity contribution in [1.82, 2.24) is 10.3 Å². The molecule has 1 aliphatic rings. The van der Waals surface area contributed by atoms with Crippen molar-refractivity contribution in [3.63, 3.8) is 0 Å². The van der Waals surface area contributed by atoms with Gasteiger partial charge in [0.1, 0.15) is 11.6 Å². The number of hydrazone groups is 1. The van der Waals surface area contributed by atoms with Gasteiger partial charge in [-0.1, -0.05) is 43.6 Å². The van der Waals surface area contributed by atoms with E-state index >= 15 is 0 Å². The zero-order valence-corrected chi connectivity index (χ0v) is 19.8. The van der Waals surface area contributed by atoms with Crippen LogP contribution in [-0.4, -0.2) is 41.9 Å². The molecule has 0 saturated carbocycles. The van der Waals surface area contributed by atoms with Crippen molar-refractivity contribution in [1.29, 1.82) is 0 Å². The molecule has 2 aromatic rings. The van der Waals surface area contributed by atoms with E-state index in [1.807, 2.05) is 29.2 Å². The third-order valence-corrected chi connectivity index (χ3v) is 5.92. The first kappa shape index (κ1) is 24.4. The third kappa shape index (κ3) is 6.37. The molecular formula is C23H28ClF2N5S. The van der Waals surface area contributed by atoms with Crippen molar-refractivity contribution >= 4 is 40.8 Å². The molecular weight excluding hydrogens is 452 g/mol. The van der Waals surface area contributed by atoms with E-state index in [9.17, 15) is 8.78 Å². The van der Waals surface area contributed by atoms with Crippen molar-refractivity contribution in [2.24, 2.45) is 16.8 Å². The van der Waals surface area contributed by atoms with Crippen molar-refractivity contribution in [2.45, 2.75) is 32.9 Å². The number of nitrogens with zero attached hydrogens (tertiary/aromatic N) is 3. The fourth-order valence-electron chi connectivity index (χ4n) is 3.99. The summed E-state index contributed by atoms with van der Waals surface area (Å²) in [6.07, 6.45) is 2.10. The minimum absolute atomic E-state index is 0.0195. The van der Waals surface area contributed by atoms with E-state index in [2.05, 4.69) is 41.5 Å². The molecule has 9 heteroatoms. The van der Waals surface area contributed by atoms with Crippen LogP contribution in [-0.2, 0) is 6.54 Å². The quantitative estimate of drug-likeness (QED) is 0.347. The van der Waals surface area contributed by atoms with Crippen LogP contribution in [0.3, 0.4) is 0 Å². The molecule has 0 spiro atoms. The van der Waals surface area contributed by atoms with Crippen LogP contribution in [0.1, 0.15) is 31.4 Å². The Hall–Kier alpha value is -2.29. The lowest BCUT2D eigenvalue weighted by Crippen LogP contribution is -2.53. The first-order valence-corrected chi connectivity index (χ1v) is 11.3. The van der Waals surface area contributed by atoms with Gasteiger partial charge in [-0.25, -0.2) is 8.78 Å². The van der Waals surface area contributed by atoms with Gasteiger partial charge in [-0.05, 0) is 42.3 Å². The van der Waals surface area contributed by atoms with Crippen LogP contribution in [0.15, 0.2) is 41.5 Å². The predicted molar refractivity (Wildman–Crippen MR) is 131 cm³/mol. The number of nitrogens with one attached hydrogen (secondary N) is 1. The van der Waals surface area contributed by atoms with Crippen molar-refractivity contribution in [3.05, 3.63) is 64.2 Å². The minimum atomic E-state index is -0.561. The molecule has 1 heterocycles. The highest BCUT2D eigenvalue weighted by molar-refractivity contribution is 7.80. The summed E-state index contributed by atoms with van der Waals surface area (Å²) < 4.78 is 29.5. The molecule has 2 aromatic carbocycles. The van der Waals surface area contributed by atoms with Crippen molar-refractivity contribution in [2.75, 3.05) is 24.5 Å². The number of rotatable bonds is 7. The molecule has 3 rings (SSSR count). The van der Waals surface area contributed by atoms with Crippen molar-refractivity contribution < 1.29 is 8.78 Å². The fourth-order valence-corrected chi connectivity index (χ4v) is 4.24. The molecule has 0 unspecified atom stereocenters. The molecule has 32 heavy (non-hydrogen) atoms. The molecule has 1 fully saturated rings. The third-order valence-electron chi connectivity index (χ3n) is 5.46. The maximum Gasteiger partial charge on any atom is 0.184 e. The minimum Gasteiger partial charge on any atom is -0.375 e. The number of hydrogen-bond acceptors (Lipinski definition) is 4. The molecule has 172 valence electrons. The van der Waals surface area contributed by atoms with Gasteiger partial charge in [-0.2, -0.15) is 5.10 Å². The fraction of sp³-hybridized carbons (Fsp3) is 0.391. The maximum absolute atomic E-state index is 14.9. The van der Waals surface area contributed by atoms with Crippen LogP contribution in [0.5, 0.6) is 0 Å². The Labute approximate surface area is 198 Å². The summed E-state index contributed by atoms with van der Waals surface area (Å²) in [6.45, 7) is 6.99. The average molecular weight is 480 g/mol. The highest BCUT2D eigenvalue weighted by Crippen LogP contribution is 2.28. The van der Waals surface area contributed by atoms with Gasteiger partial charge in [0.25, 0.3) is 0 Å². The Balaban J connectivity index is 1.78. The van der Waals surface area contributed by atoms with E-state index < -0.39 is 11.6 Å². The number of benzene rings is 2. The van der Waals surface area contributed by atoms with Crippen LogP contribution in [0.4, 0.5) is 14.5 Å². The van der Waals surface area contributed by atoms with E-state index in [1.54, 1.807) is 0 Å². The van der Waals surface area contributed by atoms with Crippen LogP contribution in [0.2, 0.25) is 5.02 Å². The first-order chi connectivity index (χ1) is 15.2. The topological polar surface area (TPSA) is 56.9 Å². The normalized spacial score (nSPS) is 17.3. The molecule has 0 aromatic heterocycles. The number of piperazine rings is 1. The lowest BCUT2D eigenvalue weighted by molar-refractivity contribution is 0.147. The zero-order valence-electron chi connectivity index (χ0n) is 18.2.